The Balaban J connectivity index is 2.33. The van der Waals surface area contributed by atoms with Crippen molar-refractivity contribution >= 4 is 11.8 Å². The van der Waals surface area contributed by atoms with Crippen molar-refractivity contribution in [2.45, 2.75) is 38.8 Å². The van der Waals surface area contributed by atoms with E-state index >= 15 is 0 Å². The summed E-state index contributed by atoms with van der Waals surface area (Å²) in [4.78, 5) is 25.9. The molecule has 0 aliphatic carbocycles. The topological polar surface area (TPSA) is 49.4 Å². The zero-order chi connectivity index (χ0) is 15.6. The predicted octanol–water partition coefficient (Wildman–Crippen LogP) is 2.26. The molecule has 0 aromatic heterocycles. The van der Waals surface area contributed by atoms with E-state index in [4.69, 9.17) is 0 Å². The third-order valence-electron chi connectivity index (χ3n) is 3.82. The Kier molecular flexibility index (Phi) is 4.60. The van der Waals surface area contributed by atoms with Crippen LogP contribution in [0.15, 0.2) is 24.3 Å². The van der Waals surface area contributed by atoms with Gasteiger partial charge in [0.2, 0.25) is 11.8 Å². The highest BCUT2D eigenvalue weighted by atomic mass is 19.1. The minimum Gasteiger partial charge on any atom is -0.354 e. The summed E-state index contributed by atoms with van der Waals surface area (Å²) in [6.07, 6.45) is 0.835. The monoisotopic (exact) mass is 292 g/mol. The summed E-state index contributed by atoms with van der Waals surface area (Å²) in [5.74, 6) is -0.810. The molecule has 114 valence electrons. The molecule has 0 spiro atoms. The van der Waals surface area contributed by atoms with Gasteiger partial charge in [-0.15, -0.1) is 0 Å². The minimum atomic E-state index is -0.416. The van der Waals surface area contributed by atoms with Gasteiger partial charge in [0.25, 0.3) is 0 Å². The molecule has 1 aliphatic heterocycles. The van der Waals surface area contributed by atoms with E-state index in [1.165, 1.54) is 12.1 Å². The molecule has 21 heavy (non-hydrogen) atoms. The normalized spacial score (nSPS) is 22.5. The smallest absolute Gasteiger partial charge is 0.225 e. The van der Waals surface area contributed by atoms with E-state index in [1.807, 2.05) is 13.8 Å². The van der Waals surface area contributed by atoms with Gasteiger partial charge in [0, 0.05) is 19.5 Å². The number of nitrogens with zero attached hydrogens (tertiary/aromatic N) is 1. The molecule has 2 rings (SSSR count). The molecule has 0 bridgehead atoms. The van der Waals surface area contributed by atoms with Crippen molar-refractivity contribution in [3.8, 4) is 0 Å². The number of halogens is 1. The molecular weight excluding hydrogens is 271 g/mol. The van der Waals surface area contributed by atoms with Crippen LogP contribution in [0, 0.1) is 11.7 Å². The van der Waals surface area contributed by atoms with Crippen LogP contribution in [0.3, 0.4) is 0 Å². The molecule has 2 atom stereocenters. The van der Waals surface area contributed by atoms with Crippen LogP contribution < -0.4 is 5.32 Å². The Morgan fingerprint density at radius 2 is 2.14 bits per heavy atom. The number of rotatable bonds is 3. The van der Waals surface area contributed by atoms with Gasteiger partial charge in [-0.05, 0) is 38.0 Å². The zero-order valence-corrected chi connectivity index (χ0v) is 12.6. The molecule has 1 fully saturated rings. The van der Waals surface area contributed by atoms with Crippen molar-refractivity contribution in [2.75, 3.05) is 7.05 Å². The van der Waals surface area contributed by atoms with E-state index in [0.29, 0.717) is 18.4 Å². The number of hydrogen-bond acceptors (Lipinski definition) is 2. The van der Waals surface area contributed by atoms with Crippen molar-refractivity contribution in [3.63, 3.8) is 0 Å². The highest BCUT2D eigenvalue weighted by molar-refractivity contribution is 5.85. The average Bonchev–Trinajstić information content (AvgIpc) is 2.40. The summed E-state index contributed by atoms with van der Waals surface area (Å²) in [5, 5.41) is 2.89. The van der Waals surface area contributed by atoms with Crippen LogP contribution >= 0.6 is 0 Å². The van der Waals surface area contributed by atoms with Crippen LogP contribution in [0.1, 0.15) is 38.3 Å². The largest absolute Gasteiger partial charge is 0.354 e. The summed E-state index contributed by atoms with van der Waals surface area (Å²) in [7, 11) is 1.67. The van der Waals surface area contributed by atoms with Crippen LogP contribution in [0.2, 0.25) is 0 Å². The first-order valence-corrected chi connectivity index (χ1v) is 7.21. The van der Waals surface area contributed by atoms with Crippen molar-refractivity contribution in [3.05, 3.63) is 35.6 Å². The number of hydrogen-bond donors (Lipinski definition) is 1. The van der Waals surface area contributed by atoms with Crippen molar-refractivity contribution < 1.29 is 14.0 Å². The zero-order valence-electron chi connectivity index (χ0n) is 12.6. The molecule has 1 aliphatic rings. The van der Waals surface area contributed by atoms with Gasteiger partial charge in [0.1, 0.15) is 5.82 Å². The second-order valence-electron chi connectivity index (χ2n) is 5.81. The molecule has 1 saturated heterocycles. The molecular formula is C16H21FN2O2. The molecule has 4 nitrogen and oxygen atoms in total. The second-order valence-corrected chi connectivity index (χ2v) is 5.81. The van der Waals surface area contributed by atoms with Crippen LogP contribution in [0.5, 0.6) is 0 Å². The third-order valence-corrected chi connectivity index (χ3v) is 3.82. The van der Waals surface area contributed by atoms with Crippen LogP contribution in [-0.2, 0) is 9.59 Å². The molecule has 0 saturated carbocycles. The molecule has 1 N–H and O–H groups in total. The highest BCUT2D eigenvalue weighted by Gasteiger charge is 2.38. The van der Waals surface area contributed by atoms with Gasteiger partial charge in [-0.2, -0.15) is 0 Å². The van der Waals surface area contributed by atoms with Crippen LogP contribution in [0.25, 0.3) is 0 Å². The minimum absolute atomic E-state index is 0.0159. The highest BCUT2D eigenvalue weighted by Crippen LogP contribution is 2.36. The quantitative estimate of drug-likeness (QED) is 0.929. The van der Waals surface area contributed by atoms with Crippen molar-refractivity contribution in [1.29, 1.82) is 0 Å². The fourth-order valence-electron chi connectivity index (χ4n) is 2.85. The van der Waals surface area contributed by atoms with Crippen LogP contribution in [-0.4, -0.2) is 29.8 Å². The van der Waals surface area contributed by atoms with E-state index in [-0.39, 0.29) is 29.6 Å². The maximum atomic E-state index is 13.5. The van der Waals surface area contributed by atoms with Gasteiger partial charge in [0.15, 0.2) is 0 Å². The molecule has 2 amide bonds. The molecule has 1 aromatic carbocycles. The fraction of sp³-hybridized carbons (Fsp3) is 0.500. The van der Waals surface area contributed by atoms with Gasteiger partial charge in [-0.1, -0.05) is 12.1 Å². The lowest BCUT2D eigenvalue weighted by molar-refractivity contribution is -0.141. The Hall–Kier alpha value is -1.91. The van der Waals surface area contributed by atoms with Gasteiger partial charge in [0.05, 0.1) is 12.0 Å². The summed E-state index contributed by atoms with van der Waals surface area (Å²) in [6, 6.07) is 5.74. The first-order chi connectivity index (χ1) is 9.90. The lowest BCUT2D eigenvalue weighted by atomic mass is 9.84. The number of benzene rings is 1. The molecule has 1 aromatic rings. The number of carbonyl (C=O) groups excluding carboxylic acids is 2. The maximum Gasteiger partial charge on any atom is 0.225 e. The standard InChI is InChI=1S/C16H21FN2O2/c1-10(2)18-16(21)13-7-8-14(20)19(3)15(13)11-5-4-6-12(17)9-11/h4-6,9-10,13,15H,7-8H2,1-3H3,(H,18,21)/t13-,15-/m0/s1. The molecule has 1 heterocycles. The molecule has 0 unspecified atom stereocenters. The van der Waals surface area contributed by atoms with E-state index in [9.17, 15) is 14.0 Å². The lowest BCUT2D eigenvalue weighted by Crippen LogP contribution is -2.47. The molecule has 5 heteroatoms. The third kappa shape index (κ3) is 3.40. The van der Waals surface area contributed by atoms with E-state index in [1.54, 1.807) is 24.1 Å². The SMILES string of the molecule is CC(C)NC(=O)[C@H]1CCC(=O)N(C)[C@H]1c1cccc(F)c1. The summed E-state index contributed by atoms with van der Waals surface area (Å²) in [6.45, 7) is 3.79. The summed E-state index contributed by atoms with van der Waals surface area (Å²) in [5.41, 5.74) is 0.662. The Morgan fingerprint density at radius 3 is 2.76 bits per heavy atom. The van der Waals surface area contributed by atoms with Crippen molar-refractivity contribution in [1.82, 2.24) is 10.2 Å². The van der Waals surface area contributed by atoms with Gasteiger partial charge in [-0.3, -0.25) is 9.59 Å². The van der Waals surface area contributed by atoms with Crippen LogP contribution in [0.4, 0.5) is 4.39 Å². The summed E-state index contributed by atoms with van der Waals surface area (Å²) >= 11 is 0. The first-order valence-electron chi connectivity index (χ1n) is 7.21. The van der Waals surface area contributed by atoms with E-state index in [2.05, 4.69) is 5.32 Å². The lowest BCUT2D eigenvalue weighted by Gasteiger charge is -2.38. The van der Waals surface area contributed by atoms with Gasteiger partial charge in [-0.25, -0.2) is 4.39 Å². The number of amides is 2. The van der Waals surface area contributed by atoms with Gasteiger partial charge < -0.3 is 10.2 Å². The Bertz CT molecular complexity index is 545. The Labute approximate surface area is 124 Å². The fourth-order valence-corrected chi connectivity index (χ4v) is 2.85. The Morgan fingerprint density at radius 1 is 1.43 bits per heavy atom. The second kappa shape index (κ2) is 6.24. The van der Waals surface area contributed by atoms with E-state index < -0.39 is 6.04 Å². The first kappa shape index (κ1) is 15.5. The number of carbonyl (C=O) groups is 2. The number of nitrogens with one attached hydrogen (secondary N) is 1. The molecule has 0 radical (unpaired) electrons. The number of likely N-dealkylation sites (tertiary alicyclic amines) is 1. The summed E-state index contributed by atoms with van der Waals surface area (Å²) < 4.78 is 13.5. The number of piperidine rings is 1. The van der Waals surface area contributed by atoms with Crippen molar-refractivity contribution in [2.24, 2.45) is 5.92 Å². The average molecular weight is 292 g/mol. The van der Waals surface area contributed by atoms with Gasteiger partial charge >= 0.3 is 0 Å². The predicted molar refractivity (Wildman–Crippen MR) is 77.9 cm³/mol. The van der Waals surface area contributed by atoms with E-state index in [0.717, 1.165) is 0 Å². The maximum absolute atomic E-state index is 13.5.